The van der Waals surface area contributed by atoms with Gasteiger partial charge in [0.2, 0.25) is 0 Å². The van der Waals surface area contributed by atoms with Gasteiger partial charge in [-0.1, -0.05) is 11.6 Å². The number of benzene rings is 1. The Morgan fingerprint density at radius 3 is 2.28 bits per heavy atom. The molecule has 1 heterocycles. The van der Waals surface area contributed by atoms with Crippen LogP contribution in [0.4, 0.5) is 13.2 Å². The summed E-state index contributed by atoms with van der Waals surface area (Å²) in [6.07, 6.45) is -3.01. The van der Waals surface area contributed by atoms with E-state index >= 15 is 0 Å². The van der Waals surface area contributed by atoms with Crippen molar-refractivity contribution in [3.05, 3.63) is 46.7 Å². The van der Waals surface area contributed by atoms with Gasteiger partial charge in [0, 0.05) is 5.56 Å². The Balaban J connectivity index is 2.37. The summed E-state index contributed by atoms with van der Waals surface area (Å²) in [6, 6.07) is 4.43. The van der Waals surface area contributed by atoms with E-state index in [0.29, 0.717) is 11.3 Å². The molecule has 96 valence electrons. The van der Waals surface area contributed by atoms with Crippen LogP contribution in [0.1, 0.15) is 11.1 Å². The summed E-state index contributed by atoms with van der Waals surface area (Å²) < 4.78 is 38.4. The lowest BCUT2D eigenvalue weighted by molar-refractivity contribution is -0.137. The van der Waals surface area contributed by atoms with Gasteiger partial charge in [-0.2, -0.15) is 18.3 Å². The van der Waals surface area contributed by atoms with Gasteiger partial charge in [0.05, 0.1) is 24.1 Å². The molecule has 0 spiro atoms. The number of alkyl halides is 3. The standard InChI is InChI=1S/C11H8ClF3N2O/c12-10-7(6-18)5-16-17(10)9-3-1-8(2-4-9)11(13,14)15/h1-5,18H,6H2. The van der Waals surface area contributed by atoms with Crippen molar-refractivity contribution in [1.82, 2.24) is 9.78 Å². The third-order valence-electron chi connectivity index (χ3n) is 2.39. The van der Waals surface area contributed by atoms with Crippen LogP contribution in [0.15, 0.2) is 30.5 Å². The van der Waals surface area contributed by atoms with E-state index < -0.39 is 11.7 Å². The highest BCUT2D eigenvalue weighted by Crippen LogP contribution is 2.30. The van der Waals surface area contributed by atoms with Crippen LogP contribution in [0.25, 0.3) is 5.69 Å². The third-order valence-corrected chi connectivity index (χ3v) is 2.79. The lowest BCUT2D eigenvalue weighted by Crippen LogP contribution is -2.05. The molecule has 0 aliphatic carbocycles. The van der Waals surface area contributed by atoms with Gasteiger partial charge in [0.1, 0.15) is 5.15 Å². The van der Waals surface area contributed by atoms with E-state index in [4.69, 9.17) is 16.7 Å². The van der Waals surface area contributed by atoms with E-state index in [9.17, 15) is 13.2 Å². The van der Waals surface area contributed by atoms with Crippen molar-refractivity contribution in [3.8, 4) is 5.69 Å². The minimum Gasteiger partial charge on any atom is -0.392 e. The molecule has 0 fully saturated rings. The van der Waals surface area contributed by atoms with Gasteiger partial charge < -0.3 is 5.11 Å². The Morgan fingerprint density at radius 1 is 1.22 bits per heavy atom. The van der Waals surface area contributed by atoms with E-state index in [-0.39, 0.29) is 11.8 Å². The molecular weight excluding hydrogens is 269 g/mol. The van der Waals surface area contributed by atoms with Crippen molar-refractivity contribution >= 4 is 11.6 Å². The molecule has 1 N–H and O–H groups in total. The van der Waals surface area contributed by atoms with Crippen LogP contribution in [0.3, 0.4) is 0 Å². The molecule has 7 heteroatoms. The summed E-state index contributed by atoms with van der Waals surface area (Å²) in [4.78, 5) is 0. The van der Waals surface area contributed by atoms with Crippen LogP contribution in [0.5, 0.6) is 0 Å². The van der Waals surface area contributed by atoms with Gasteiger partial charge in [-0.15, -0.1) is 0 Å². The number of hydrogen-bond donors (Lipinski definition) is 1. The zero-order chi connectivity index (χ0) is 13.3. The summed E-state index contributed by atoms with van der Waals surface area (Å²) in [6.45, 7) is -0.278. The first-order valence-corrected chi connectivity index (χ1v) is 5.32. The maximum atomic E-state index is 12.4. The maximum absolute atomic E-state index is 12.4. The highest BCUT2D eigenvalue weighted by Gasteiger charge is 2.30. The van der Waals surface area contributed by atoms with E-state index in [1.165, 1.54) is 23.0 Å². The molecule has 1 aromatic heterocycles. The van der Waals surface area contributed by atoms with Crippen LogP contribution in [-0.2, 0) is 12.8 Å². The maximum Gasteiger partial charge on any atom is 0.416 e. The Bertz CT molecular complexity index is 548. The monoisotopic (exact) mass is 276 g/mol. The first-order chi connectivity index (χ1) is 8.43. The summed E-state index contributed by atoms with van der Waals surface area (Å²) in [5.41, 5.74) is 0.0705. The fourth-order valence-corrected chi connectivity index (χ4v) is 1.69. The van der Waals surface area contributed by atoms with Gasteiger partial charge in [-0.25, -0.2) is 4.68 Å². The predicted octanol–water partition coefficient (Wildman–Crippen LogP) is 3.04. The van der Waals surface area contributed by atoms with Gasteiger partial charge >= 0.3 is 6.18 Å². The summed E-state index contributed by atoms with van der Waals surface area (Å²) >= 11 is 5.91. The lowest BCUT2D eigenvalue weighted by Gasteiger charge is -2.08. The second-order valence-electron chi connectivity index (χ2n) is 3.58. The molecule has 0 aliphatic heterocycles. The molecule has 0 unspecified atom stereocenters. The van der Waals surface area contributed by atoms with Gasteiger partial charge in [-0.05, 0) is 24.3 Å². The zero-order valence-corrected chi connectivity index (χ0v) is 9.70. The summed E-state index contributed by atoms with van der Waals surface area (Å²) in [7, 11) is 0. The predicted molar refractivity (Wildman–Crippen MR) is 59.5 cm³/mol. The molecule has 2 aromatic rings. The van der Waals surface area contributed by atoms with Crippen molar-refractivity contribution in [2.75, 3.05) is 0 Å². The van der Waals surface area contributed by atoms with Gasteiger partial charge in [0.25, 0.3) is 0 Å². The number of aliphatic hydroxyl groups excluding tert-OH is 1. The van der Waals surface area contributed by atoms with Crippen LogP contribution in [-0.4, -0.2) is 14.9 Å². The van der Waals surface area contributed by atoms with E-state index in [1.54, 1.807) is 0 Å². The Hall–Kier alpha value is -1.53. The molecule has 0 saturated carbocycles. The molecule has 0 amide bonds. The molecule has 1 aromatic carbocycles. The van der Waals surface area contributed by atoms with Crippen LogP contribution >= 0.6 is 11.6 Å². The molecule has 2 rings (SSSR count). The molecular formula is C11H8ClF3N2O. The molecule has 18 heavy (non-hydrogen) atoms. The Morgan fingerprint density at radius 2 is 1.83 bits per heavy atom. The first kappa shape index (κ1) is 12.9. The molecule has 3 nitrogen and oxygen atoms in total. The average Bonchev–Trinajstić information content (AvgIpc) is 2.69. The van der Waals surface area contributed by atoms with Crippen molar-refractivity contribution in [2.45, 2.75) is 12.8 Å². The summed E-state index contributed by atoms with van der Waals surface area (Å²) in [5.74, 6) is 0. The fraction of sp³-hybridized carbons (Fsp3) is 0.182. The second-order valence-corrected chi connectivity index (χ2v) is 3.93. The topological polar surface area (TPSA) is 38.1 Å². The average molecular weight is 277 g/mol. The number of aliphatic hydroxyl groups is 1. The van der Waals surface area contributed by atoms with Crippen molar-refractivity contribution in [1.29, 1.82) is 0 Å². The minimum atomic E-state index is -4.37. The number of hydrogen-bond acceptors (Lipinski definition) is 2. The Kier molecular flexibility index (Phi) is 3.32. The first-order valence-electron chi connectivity index (χ1n) is 4.94. The van der Waals surface area contributed by atoms with Crippen molar-refractivity contribution < 1.29 is 18.3 Å². The SMILES string of the molecule is OCc1cnn(-c2ccc(C(F)(F)F)cc2)c1Cl. The van der Waals surface area contributed by atoms with Gasteiger partial charge in [-0.3, -0.25) is 0 Å². The highest BCUT2D eigenvalue weighted by molar-refractivity contribution is 6.30. The largest absolute Gasteiger partial charge is 0.416 e. The smallest absolute Gasteiger partial charge is 0.392 e. The molecule has 0 atom stereocenters. The normalized spacial score (nSPS) is 11.8. The molecule has 0 aliphatic rings. The quantitative estimate of drug-likeness (QED) is 0.915. The zero-order valence-electron chi connectivity index (χ0n) is 8.95. The van der Waals surface area contributed by atoms with Crippen molar-refractivity contribution in [2.24, 2.45) is 0 Å². The number of aromatic nitrogens is 2. The Labute approximate surface area is 105 Å². The minimum absolute atomic E-state index is 0.178. The molecule has 0 bridgehead atoms. The van der Waals surface area contributed by atoms with Crippen LogP contribution < -0.4 is 0 Å². The second kappa shape index (κ2) is 4.62. The number of halogens is 4. The van der Waals surface area contributed by atoms with Gasteiger partial charge in [0.15, 0.2) is 0 Å². The highest BCUT2D eigenvalue weighted by atomic mass is 35.5. The van der Waals surface area contributed by atoms with Crippen LogP contribution in [0, 0.1) is 0 Å². The number of nitrogens with zero attached hydrogens (tertiary/aromatic N) is 2. The van der Waals surface area contributed by atoms with Crippen LogP contribution in [0.2, 0.25) is 5.15 Å². The van der Waals surface area contributed by atoms with E-state index in [1.807, 2.05) is 0 Å². The molecule has 0 saturated heterocycles. The summed E-state index contributed by atoms with van der Waals surface area (Å²) in [5, 5.41) is 13.0. The van der Waals surface area contributed by atoms with E-state index in [2.05, 4.69) is 5.10 Å². The fourth-order valence-electron chi connectivity index (χ4n) is 1.45. The van der Waals surface area contributed by atoms with E-state index in [0.717, 1.165) is 12.1 Å². The third kappa shape index (κ3) is 2.34. The lowest BCUT2D eigenvalue weighted by atomic mass is 10.2. The number of rotatable bonds is 2. The van der Waals surface area contributed by atoms with Crippen molar-refractivity contribution in [3.63, 3.8) is 0 Å². The molecule has 0 radical (unpaired) electrons.